The Hall–Kier alpha value is -0.810. The number of nitrogens with zero attached hydrogens (tertiary/aromatic N) is 1. The van der Waals surface area contributed by atoms with E-state index in [1.54, 1.807) is 0 Å². The molecular formula is C15H24Cl2N2O2. The Labute approximate surface area is 139 Å². The summed E-state index contributed by atoms with van der Waals surface area (Å²) in [6.07, 6.45) is 1.03. The van der Waals surface area contributed by atoms with Crippen LogP contribution in [0.15, 0.2) is 24.3 Å². The van der Waals surface area contributed by atoms with Crippen LogP contribution >= 0.6 is 24.8 Å². The largest absolute Gasteiger partial charge is 0.462 e. The summed E-state index contributed by atoms with van der Waals surface area (Å²) >= 11 is 0. The monoisotopic (exact) mass is 334 g/mol. The lowest BCUT2D eigenvalue weighted by Gasteiger charge is -2.27. The molecule has 1 aliphatic heterocycles. The molecule has 4 nitrogen and oxygen atoms in total. The molecule has 0 unspecified atom stereocenters. The zero-order chi connectivity index (χ0) is 13.5. The summed E-state index contributed by atoms with van der Waals surface area (Å²) in [5.74, 6) is -0.240. The Balaban J connectivity index is 0.00000200. The number of benzene rings is 1. The Morgan fingerprint density at radius 3 is 2.38 bits per heavy atom. The number of hydrogen-bond donors (Lipinski definition) is 1. The summed E-state index contributed by atoms with van der Waals surface area (Å²) in [5, 5.41) is 3.35. The van der Waals surface area contributed by atoms with Gasteiger partial charge in [-0.05, 0) is 31.0 Å². The number of piperazine rings is 1. The van der Waals surface area contributed by atoms with E-state index in [-0.39, 0.29) is 30.8 Å². The van der Waals surface area contributed by atoms with Crippen molar-refractivity contribution >= 4 is 30.8 Å². The smallest absolute Gasteiger partial charge is 0.338 e. The van der Waals surface area contributed by atoms with Gasteiger partial charge >= 0.3 is 5.97 Å². The van der Waals surface area contributed by atoms with Gasteiger partial charge in [0.1, 0.15) is 0 Å². The SMILES string of the molecule is CCOC(=O)c1ccc(CCN2CCNCC2)cc1.Cl.Cl. The quantitative estimate of drug-likeness (QED) is 0.838. The molecule has 1 heterocycles. The maximum absolute atomic E-state index is 11.5. The number of carbonyl (C=O) groups excluding carboxylic acids is 1. The van der Waals surface area contributed by atoms with E-state index in [1.165, 1.54) is 5.56 Å². The number of halogens is 2. The van der Waals surface area contributed by atoms with Crippen LogP contribution in [0.2, 0.25) is 0 Å². The van der Waals surface area contributed by atoms with E-state index in [0.717, 1.165) is 39.1 Å². The van der Waals surface area contributed by atoms with Crippen LogP contribution in [0.5, 0.6) is 0 Å². The molecule has 0 amide bonds. The van der Waals surface area contributed by atoms with Crippen LogP contribution in [-0.2, 0) is 11.2 Å². The van der Waals surface area contributed by atoms with E-state index in [0.29, 0.717) is 12.2 Å². The molecule has 1 N–H and O–H groups in total. The van der Waals surface area contributed by atoms with Crippen LogP contribution in [0.4, 0.5) is 0 Å². The first-order valence-electron chi connectivity index (χ1n) is 6.98. The molecule has 1 aromatic rings. The minimum Gasteiger partial charge on any atom is -0.462 e. The third-order valence-electron chi connectivity index (χ3n) is 3.39. The van der Waals surface area contributed by atoms with Gasteiger partial charge in [0.05, 0.1) is 12.2 Å². The maximum atomic E-state index is 11.5. The lowest BCUT2D eigenvalue weighted by molar-refractivity contribution is 0.0526. The topological polar surface area (TPSA) is 41.6 Å². The number of rotatable bonds is 5. The van der Waals surface area contributed by atoms with Gasteiger partial charge in [-0.2, -0.15) is 0 Å². The van der Waals surface area contributed by atoms with Crippen molar-refractivity contribution in [2.45, 2.75) is 13.3 Å². The highest BCUT2D eigenvalue weighted by atomic mass is 35.5. The van der Waals surface area contributed by atoms with Gasteiger partial charge in [-0.3, -0.25) is 0 Å². The molecule has 1 aromatic carbocycles. The zero-order valence-electron chi connectivity index (χ0n) is 12.3. The first kappa shape index (κ1) is 20.2. The molecular weight excluding hydrogens is 311 g/mol. The maximum Gasteiger partial charge on any atom is 0.338 e. The first-order valence-corrected chi connectivity index (χ1v) is 6.98. The number of carbonyl (C=O) groups is 1. The summed E-state index contributed by atoms with van der Waals surface area (Å²) in [6.45, 7) is 7.75. The van der Waals surface area contributed by atoms with E-state index in [2.05, 4.69) is 10.2 Å². The molecule has 0 spiro atoms. The van der Waals surface area contributed by atoms with E-state index in [4.69, 9.17) is 4.74 Å². The molecule has 0 aliphatic carbocycles. The molecule has 0 bridgehead atoms. The molecule has 0 aromatic heterocycles. The second kappa shape index (κ2) is 10.9. The first-order chi connectivity index (χ1) is 9.29. The second-order valence-corrected chi connectivity index (χ2v) is 4.76. The lowest BCUT2D eigenvalue weighted by Crippen LogP contribution is -2.44. The fraction of sp³-hybridized carbons (Fsp3) is 0.533. The van der Waals surface area contributed by atoms with Crippen molar-refractivity contribution in [1.82, 2.24) is 10.2 Å². The van der Waals surface area contributed by atoms with Gasteiger partial charge in [0.15, 0.2) is 0 Å². The van der Waals surface area contributed by atoms with Crippen LogP contribution in [0.1, 0.15) is 22.8 Å². The fourth-order valence-corrected chi connectivity index (χ4v) is 2.24. The van der Waals surface area contributed by atoms with Gasteiger partial charge in [-0.1, -0.05) is 12.1 Å². The summed E-state index contributed by atoms with van der Waals surface area (Å²) in [7, 11) is 0. The number of esters is 1. The Morgan fingerprint density at radius 2 is 1.81 bits per heavy atom. The van der Waals surface area contributed by atoms with Crippen molar-refractivity contribution < 1.29 is 9.53 Å². The summed E-state index contributed by atoms with van der Waals surface area (Å²) in [6, 6.07) is 7.75. The highest BCUT2D eigenvalue weighted by Crippen LogP contribution is 2.08. The van der Waals surface area contributed by atoms with Crippen LogP contribution < -0.4 is 5.32 Å². The molecule has 6 heteroatoms. The predicted molar refractivity (Wildman–Crippen MR) is 89.9 cm³/mol. The van der Waals surface area contributed by atoms with Crippen LogP contribution in [0.3, 0.4) is 0 Å². The molecule has 120 valence electrons. The molecule has 2 rings (SSSR count). The number of ether oxygens (including phenoxy) is 1. The van der Waals surface area contributed by atoms with Gasteiger partial charge in [0, 0.05) is 32.7 Å². The molecule has 0 saturated carbocycles. The van der Waals surface area contributed by atoms with Crippen molar-refractivity contribution in [3.8, 4) is 0 Å². The average molecular weight is 335 g/mol. The fourth-order valence-electron chi connectivity index (χ4n) is 2.24. The average Bonchev–Trinajstić information content (AvgIpc) is 2.47. The molecule has 1 fully saturated rings. The van der Waals surface area contributed by atoms with E-state index in [1.807, 2.05) is 31.2 Å². The van der Waals surface area contributed by atoms with Crippen molar-refractivity contribution in [1.29, 1.82) is 0 Å². The minimum atomic E-state index is -0.240. The van der Waals surface area contributed by atoms with Crippen molar-refractivity contribution in [3.05, 3.63) is 35.4 Å². The normalized spacial score (nSPS) is 14.7. The van der Waals surface area contributed by atoms with E-state index in [9.17, 15) is 4.79 Å². The lowest BCUT2D eigenvalue weighted by atomic mass is 10.1. The third kappa shape index (κ3) is 6.66. The summed E-state index contributed by atoms with van der Waals surface area (Å²) < 4.78 is 4.97. The highest BCUT2D eigenvalue weighted by Gasteiger charge is 2.09. The summed E-state index contributed by atoms with van der Waals surface area (Å²) in [5.41, 5.74) is 1.90. The van der Waals surface area contributed by atoms with Crippen LogP contribution in [0.25, 0.3) is 0 Å². The molecule has 1 aliphatic rings. The standard InChI is InChI=1S/C15H22N2O2.2ClH/c1-2-19-15(18)14-5-3-13(4-6-14)7-10-17-11-8-16-9-12-17;;/h3-6,16H,2,7-12H2,1H3;2*1H. The number of nitrogens with one attached hydrogen (secondary N) is 1. The molecule has 21 heavy (non-hydrogen) atoms. The minimum absolute atomic E-state index is 0. The molecule has 0 radical (unpaired) electrons. The van der Waals surface area contributed by atoms with Crippen LogP contribution in [-0.4, -0.2) is 50.2 Å². The van der Waals surface area contributed by atoms with Crippen molar-refractivity contribution in [3.63, 3.8) is 0 Å². The van der Waals surface area contributed by atoms with Crippen molar-refractivity contribution in [2.75, 3.05) is 39.3 Å². The van der Waals surface area contributed by atoms with Crippen molar-refractivity contribution in [2.24, 2.45) is 0 Å². The van der Waals surface area contributed by atoms with Crippen LogP contribution in [0, 0.1) is 0 Å². The third-order valence-corrected chi connectivity index (χ3v) is 3.39. The van der Waals surface area contributed by atoms with E-state index < -0.39 is 0 Å². The molecule has 1 saturated heterocycles. The summed E-state index contributed by atoms with van der Waals surface area (Å²) in [4.78, 5) is 14.0. The predicted octanol–water partition coefficient (Wildman–Crippen LogP) is 2.15. The Kier molecular flexibility index (Phi) is 10.4. The van der Waals surface area contributed by atoms with Gasteiger partial charge in [0.25, 0.3) is 0 Å². The Morgan fingerprint density at radius 1 is 1.19 bits per heavy atom. The van der Waals surface area contributed by atoms with Gasteiger partial charge in [0.2, 0.25) is 0 Å². The number of hydrogen-bond acceptors (Lipinski definition) is 4. The highest BCUT2D eigenvalue weighted by molar-refractivity contribution is 5.89. The molecule has 0 atom stereocenters. The second-order valence-electron chi connectivity index (χ2n) is 4.76. The zero-order valence-corrected chi connectivity index (χ0v) is 14.0. The van der Waals surface area contributed by atoms with Gasteiger partial charge in [-0.15, -0.1) is 24.8 Å². The Bertz CT molecular complexity index is 407. The van der Waals surface area contributed by atoms with Gasteiger partial charge in [-0.25, -0.2) is 4.79 Å². The van der Waals surface area contributed by atoms with Gasteiger partial charge < -0.3 is 15.0 Å². The van der Waals surface area contributed by atoms with E-state index >= 15 is 0 Å².